The number of nitrogens with two attached hydrogens (primary N) is 1. The molecule has 1 aromatic heterocycles. The summed E-state index contributed by atoms with van der Waals surface area (Å²) < 4.78 is 26.8. The Bertz CT molecular complexity index is 682. The monoisotopic (exact) mass is 294 g/mol. The number of thiophene rings is 1. The van der Waals surface area contributed by atoms with Crippen LogP contribution in [0.15, 0.2) is 40.6 Å². The Labute approximate surface area is 116 Å². The van der Waals surface area contributed by atoms with E-state index in [1.165, 1.54) is 15.6 Å². The molecule has 0 saturated heterocycles. The molecule has 1 aromatic carbocycles. The largest absolute Gasteiger partial charge is 0.326 e. The van der Waals surface area contributed by atoms with Crippen molar-refractivity contribution in [1.82, 2.24) is 4.31 Å². The minimum absolute atomic E-state index is 0.257. The van der Waals surface area contributed by atoms with Gasteiger partial charge in [0.05, 0.1) is 4.90 Å². The molecule has 19 heavy (non-hydrogen) atoms. The van der Waals surface area contributed by atoms with Crippen LogP contribution in [0.5, 0.6) is 0 Å². The van der Waals surface area contributed by atoms with Crippen molar-refractivity contribution in [2.45, 2.75) is 24.5 Å². The van der Waals surface area contributed by atoms with Crippen LogP contribution in [0.3, 0.4) is 0 Å². The summed E-state index contributed by atoms with van der Waals surface area (Å²) in [7, 11) is -3.44. The van der Waals surface area contributed by atoms with Gasteiger partial charge >= 0.3 is 0 Å². The summed E-state index contributed by atoms with van der Waals surface area (Å²) in [4.78, 5) is 1.07. The summed E-state index contributed by atoms with van der Waals surface area (Å²) in [6.45, 7) is 1.14. The standard InChI is InChI=1S/C13H14N2O2S2/c14-7-12-13(5-6-18-12)19(16,17)15-8-10-3-1-2-4-11(10)9-15/h1-6H,7-9,14H2. The Morgan fingerprint density at radius 1 is 1.16 bits per heavy atom. The van der Waals surface area contributed by atoms with Crippen molar-refractivity contribution in [3.05, 3.63) is 51.7 Å². The summed E-state index contributed by atoms with van der Waals surface area (Å²) in [5.74, 6) is 0. The van der Waals surface area contributed by atoms with Crippen molar-refractivity contribution < 1.29 is 8.42 Å². The molecule has 0 aliphatic carbocycles. The number of hydrogen-bond donors (Lipinski definition) is 1. The molecule has 0 saturated carbocycles. The van der Waals surface area contributed by atoms with E-state index in [0.29, 0.717) is 18.0 Å². The van der Waals surface area contributed by atoms with Gasteiger partial charge in [0.25, 0.3) is 0 Å². The van der Waals surface area contributed by atoms with Gasteiger partial charge < -0.3 is 5.73 Å². The number of sulfonamides is 1. The number of benzene rings is 1. The van der Waals surface area contributed by atoms with E-state index < -0.39 is 10.0 Å². The normalized spacial score (nSPS) is 15.6. The Balaban J connectivity index is 1.96. The number of rotatable bonds is 3. The van der Waals surface area contributed by atoms with Crippen molar-refractivity contribution in [1.29, 1.82) is 0 Å². The van der Waals surface area contributed by atoms with E-state index in [1.807, 2.05) is 24.3 Å². The van der Waals surface area contributed by atoms with Crippen molar-refractivity contribution in [2.75, 3.05) is 0 Å². The van der Waals surface area contributed by atoms with Gasteiger partial charge in [0, 0.05) is 24.5 Å². The zero-order valence-electron chi connectivity index (χ0n) is 10.2. The van der Waals surface area contributed by atoms with E-state index in [0.717, 1.165) is 16.0 Å². The molecule has 2 heterocycles. The molecular formula is C13H14N2O2S2. The Morgan fingerprint density at radius 2 is 1.79 bits per heavy atom. The fourth-order valence-electron chi connectivity index (χ4n) is 2.32. The van der Waals surface area contributed by atoms with Crippen LogP contribution in [0.4, 0.5) is 0 Å². The van der Waals surface area contributed by atoms with Crippen LogP contribution >= 0.6 is 11.3 Å². The Kier molecular flexibility index (Phi) is 3.18. The van der Waals surface area contributed by atoms with Gasteiger partial charge in [-0.05, 0) is 22.6 Å². The van der Waals surface area contributed by atoms with Crippen LogP contribution < -0.4 is 5.73 Å². The smallest absolute Gasteiger partial charge is 0.244 e. The molecule has 1 aliphatic heterocycles. The fraction of sp³-hybridized carbons (Fsp3) is 0.231. The topological polar surface area (TPSA) is 63.4 Å². The first-order valence-electron chi connectivity index (χ1n) is 5.96. The number of nitrogens with zero attached hydrogens (tertiary/aromatic N) is 1. The molecule has 100 valence electrons. The maximum atomic E-state index is 12.6. The first-order chi connectivity index (χ1) is 9.13. The molecule has 3 rings (SSSR count). The van der Waals surface area contributed by atoms with Gasteiger partial charge in [-0.25, -0.2) is 8.42 Å². The van der Waals surface area contributed by atoms with Crippen molar-refractivity contribution in [3.63, 3.8) is 0 Å². The van der Waals surface area contributed by atoms with Crippen LogP contribution in [-0.2, 0) is 29.7 Å². The van der Waals surface area contributed by atoms with E-state index in [9.17, 15) is 8.42 Å². The second-order valence-corrected chi connectivity index (χ2v) is 7.36. The summed E-state index contributed by atoms with van der Waals surface area (Å²) in [5.41, 5.74) is 7.76. The van der Waals surface area contributed by atoms with Crippen LogP contribution in [0.2, 0.25) is 0 Å². The zero-order valence-corrected chi connectivity index (χ0v) is 11.9. The maximum Gasteiger partial charge on any atom is 0.244 e. The summed E-state index contributed by atoms with van der Waals surface area (Å²) in [6.07, 6.45) is 0. The first kappa shape index (κ1) is 12.8. The molecule has 0 fully saturated rings. The Morgan fingerprint density at radius 3 is 2.37 bits per heavy atom. The van der Waals surface area contributed by atoms with Crippen molar-refractivity contribution in [3.8, 4) is 0 Å². The van der Waals surface area contributed by atoms with E-state index in [2.05, 4.69) is 0 Å². The van der Waals surface area contributed by atoms with Crippen molar-refractivity contribution >= 4 is 21.4 Å². The molecule has 0 bridgehead atoms. The van der Waals surface area contributed by atoms with E-state index in [4.69, 9.17) is 5.73 Å². The number of fused-ring (bicyclic) bond motifs is 1. The molecule has 1 aliphatic rings. The van der Waals surface area contributed by atoms with Gasteiger partial charge in [-0.2, -0.15) is 4.31 Å². The highest BCUT2D eigenvalue weighted by Crippen LogP contribution is 2.31. The predicted molar refractivity (Wildman–Crippen MR) is 75.1 cm³/mol. The third kappa shape index (κ3) is 2.10. The van der Waals surface area contributed by atoms with Crippen LogP contribution in [0.1, 0.15) is 16.0 Å². The molecule has 6 heteroatoms. The summed E-state index contributed by atoms with van der Waals surface area (Å²) in [5, 5.41) is 1.78. The van der Waals surface area contributed by atoms with Gasteiger partial charge in [0.1, 0.15) is 0 Å². The second kappa shape index (κ2) is 4.72. The van der Waals surface area contributed by atoms with Gasteiger partial charge in [-0.15, -0.1) is 11.3 Å². The predicted octanol–water partition coefficient (Wildman–Crippen LogP) is 1.91. The lowest BCUT2D eigenvalue weighted by atomic mass is 10.1. The third-order valence-corrected chi connectivity index (χ3v) is 6.27. The van der Waals surface area contributed by atoms with Gasteiger partial charge in [0.2, 0.25) is 10.0 Å². The molecule has 0 radical (unpaired) electrons. The molecule has 4 nitrogen and oxygen atoms in total. The van der Waals surface area contributed by atoms with Crippen molar-refractivity contribution in [2.24, 2.45) is 5.73 Å². The highest BCUT2D eigenvalue weighted by Gasteiger charge is 2.32. The molecule has 0 unspecified atom stereocenters. The average Bonchev–Trinajstić information content (AvgIpc) is 3.05. The highest BCUT2D eigenvalue weighted by molar-refractivity contribution is 7.89. The summed E-state index contributed by atoms with van der Waals surface area (Å²) in [6, 6.07) is 9.46. The van der Waals surface area contributed by atoms with E-state index in [-0.39, 0.29) is 6.54 Å². The van der Waals surface area contributed by atoms with E-state index >= 15 is 0 Å². The lowest BCUT2D eigenvalue weighted by Crippen LogP contribution is -2.26. The van der Waals surface area contributed by atoms with Gasteiger partial charge in [-0.1, -0.05) is 24.3 Å². The van der Waals surface area contributed by atoms with E-state index in [1.54, 1.807) is 11.4 Å². The fourth-order valence-corrected chi connectivity index (χ4v) is 5.02. The highest BCUT2D eigenvalue weighted by atomic mass is 32.2. The second-order valence-electron chi connectivity index (χ2n) is 4.45. The van der Waals surface area contributed by atoms with Gasteiger partial charge in [0.15, 0.2) is 0 Å². The van der Waals surface area contributed by atoms with Crippen LogP contribution in [0, 0.1) is 0 Å². The molecule has 2 N–H and O–H groups in total. The molecular weight excluding hydrogens is 280 g/mol. The minimum Gasteiger partial charge on any atom is -0.326 e. The lowest BCUT2D eigenvalue weighted by Gasteiger charge is -2.15. The minimum atomic E-state index is -3.44. The number of hydrogen-bond acceptors (Lipinski definition) is 4. The lowest BCUT2D eigenvalue weighted by molar-refractivity contribution is 0.431. The first-order valence-corrected chi connectivity index (χ1v) is 8.28. The third-order valence-electron chi connectivity index (χ3n) is 3.32. The van der Waals surface area contributed by atoms with Crippen LogP contribution in [0.25, 0.3) is 0 Å². The molecule has 0 atom stereocenters. The van der Waals surface area contributed by atoms with Gasteiger partial charge in [-0.3, -0.25) is 0 Å². The molecule has 0 amide bonds. The zero-order chi connectivity index (χ0) is 13.5. The maximum absolute atomic E-state index is 12.6. The molecule has 0 spiro atoms. The quantitative estimate of drug-likeness (QED) is 0.940. The average molecular weight is 294 g/mol. The Hall–Kier alpha value is -1.21. The molecule has 2 aromatic rings. The SMILES string of the molecule is NCc1sccc1S(=O)(=O)N1Cc2ccccc2C1. The van der Waals surface area contributed by atoms with Crippen LogP contribution in [-0.4, -0.2) is 12.7 Å². The summed E-state index contributed by atoms with van der Waals surface area (Å²) >= 11 is 1.39.